The molecule has 0 bridgehead atoms. The molecule has 1 N–H and O–H groups in total. The van der Waals surface area contributed by atoms with E-state index in [0.29, 0.717) is 40.2 Å². The lowest BCUT2D eigenvalue weighted by Gasteiger charge is -2.20. The number of ether oxygens (including phenoxy) is 3. The van der Waals surface area contributed by atoms with Crippen LogP contribution < -0.4 is 14.8 Å². The Bertz CT molecular complexity index is 905. The van der Waals surface area contributed by atoms with Crippen molar-refractivity contribution in [2.75, 3.05) is 26.1 Å². The van der Waals surface area contributed by atoms with Crippen molar-refractivity contribution < 1.29 is 23.8 Å². The molecule has 0 saturated heterocycles. The second-order valence-electron chi connectivity index (χ2n) is 6.97. The Morgan fingerprint density at radius 2 is 2.00 bits per heavy atom. The molecule has 6 nitrogen and oxygen atoms in total. The third-order valence-corrected chi connectivity index (χ3v) is 6.47. The molecule has 0 saturated carbocycles. The van der Waals surface area contributed by atoms with Gasteiger partial charge in [-0.3, -0.25) is 4.79 Å². The van der Waals surface area contributed by atoms with E-state index in [1.54, 1.807) is 32.2 Å². The molecule has 1 amide bonds. The number of carbonyl (C=O) groups excluding carboxylic acids is 2. The Morgan fingerprint density at radius 1 is 1.21 bits per heavy atom. The molecule has 0 fully saturated rings. The molecule has 1 aromatic heterocycles. The third kappa shape index (κ3) is 4.40. The maximum atomic E-state index is 13.0. The van der Waals surface area contributed by atoms with E-state index in [1.807, 2.05) is 0 Å². The van der Waals surface area contributed by atoms with Gasteiger partial charge in [-0.25, -0.2) is 4.79 Å². The maximum absolute atomic E-state index is 13.0. The van der Waals surface area contributed by atoms with Gasteiger partial charge in [0.25, 0.3) is 5.91 Å². The van der Waals surface area contributed by atoms with Crippen LogP contribution in [-0.4, -0.2) is 32.7 Å². The summed E-state index contributed by atoms with van der Waals surface area (Å²) in [5, 5.41) is 3.48. The molecule has 1 heterocycles. The molecular weight excluding hydrogens is 390 g/mol. The summed E-state index contributed by atoms with van der Waals surface area (Å²) in [6.45, 7) is 4.26. The van der Waals surface area contributed by atoms with Crippen molar-refractivity contribution in [3.05, 3.63) is 39.8 Å². The number of thiophene rings is 1. The molecular formula is C22H27NO5S. The minimum atomic E-state index is -0.378. The molecule has 0 spiro atoms. The number of fused-ring (bicyclic) bond motifs is 1. The van der Waals surface area contributed by atoms with Crippen LogP contribution >= 0.6 is 11.3 Å². The van der Waals surface area contributed by atoms with E-state index in [-0.39, 0.29) is 11.9 Å². The van der Waals surface area contributed by atoms with Crippen LogP contribution in [0.3, 0.4) is 0 Å². The Morgan fingerprint density at radius 3 is 2.66 bits per heavy atom. The molecule has 1 atom stereocenters. The lowest BCUT2D eigenvalue weighted by molar-refractivity contribution is 0.0526. The van der Waals surface area contributed by atoms with Crippen LogP contribution in [0.1, 0.15) is 57.8 Å². The second kappa shape index (κ2) is 9.31. The Balaban J connectivity index is 1.95. The first kappa shape index (κ1) is 21.2. The summed E-state index contributed by atoms with van der Waals surface area (Å²) in [6.07, 6.45) is 3.92. The molecule has 29 heavy (non-hydrogen) atoms. The molecule has 156 valence electrons. The highest BCUT2D eigenvalue weighted by Crippen LogP contribution is 2.41. The summed E-state index contributed by atoms with van der Waals surface area (Å²) in [5.41, 5.74) is 1.90. The number of hydrogen-bond donors (Lipinski definition) is 1. The highest BCUT2D eigenvalue weighted by molar-refractivity contribution is 7.17. The first-order valence-electron chi connectivity index (χ1n) is 9.87. The van der Waals surface area contributed by atoms with Gasteiger partial charge in [-0.2, -0.15) is 0 Å². The largest absolute Gasteiger partial charge is 0.497 e. The lowest BCUT2D eigenvalue weighted by atomic mass is 9.85. The number of rotatable bonds is 7. The first-order chi connectivity index (χ1) is 14.0. The van der Waals surface area contributed by atoms with Gasteiger partial charge in [-0.1, -0.05) is 13.3 Å². The van der Waals surface area contributed by atoms with Crippen molar-refractivity contribution in [2.45, 2.75) is 39.5 Å². The van der Waals surface area contributed by atoms with Crippen molar-refractivity contribution in [3.8, 4) is 11.5 Å². The molecule has 3 rings (SSSR count). The fourth-order valence-corrected chi connectivity index (χ4v) is 5.01. The lowest BCUT2D eigenvalue weighted by Crippen LogP contribution is -2.17. The summed E-state index contributed by atoms with van der Waals surface area (Å²) < 4.78 is 15.8. The van der Waals surface area contributed by atoms with Gasteiger partial charge in [0.2, 0.25) is 0 Å². The maximum Gasteiger partial charge on any atom is 0.341 e. The van der Waals surface area contributed by atoms with E-state index in [0.717, 1.165) is 31.2 Å². The van der Waals surface area contributed by atoms with Crippen LogP contribution in [0.2, 0.25) is 0 Å². The predicted octanol–water partition coefficient (Wildman–Crippen LogP) is 4.71. The molecule has 1 unspecified atom stereocenters. The predicted molar refractivity (Wildman–Crippen MR) is 114 cm³/mol. The number of esters is 1. The molecule has 2 aromatic rings. The van der Waals surface area contributed by atoms with E-state index in [4.69, 9.17) is 14.2 Å². The van der Waals surface area contributed by atoms with Crippen molar-refractivity contribution in [3.63, 3.8) is 0 Å². The van der Waals surface area contributed by atoms with E-state index in [1.165, 1.54) is 23.3 Å². The van der Waals surface area contributed by atoms with Gasteiger partial charge in [0.1, 0.15) is 16.5 Å². The number of methoxy groups -OCH3 is 2. The number of nitrogens with one attached hydrogen (secondary N) is 1. The number of amides is 1. The fraction of sp³-hybridized carbons (Fsp3) is 0.455. The van der Waals surface area contributed by atoms with Gasteiger partial charge >= 0.3 is 5.97 Å². The minimum Gasteiger partial charge on any atom is -0.497 e. The molecule has 1 aliphatic rings. The number of benzene rings is 1. The van der Waals surface area contributed by atoms with E-state index < -0.39 is 0 Å². The summed E-state index contributed by atoms with van der Waals surface area (Å²) in [4.78, 5) is 26.8. The van der Waals surface area contributed by atoms with Gasteiger partial charge in [0.05, 0.1) is 32.0 Å². The van der Waals surface area contributed by atoms with Crippen molar-refractivity contribution >= 4 is 28.2 Å². The summed E-state index contributed by atoms with van der Waals surface area (Å²) in [7, 11) is 3.06. The van der Waals surface area contributed by atoms with E-state index in [2.05, 4.69) is 12.2 Å². The van der Waals surface area contributed by atoms with Crippen LogP contribution in [0.25, 0.3) is 0 Å². The van der Waals surface area contributed by atoms with Crippen LogP contribution in [0.15, 0.2) is 18.2 Å². The number of carbonyl (C=O) groups is 2. The monoisotopic (exact) mass is 417 g/mol. The Labute approximate surface area is 175 Å². The smallest absolute Gasteiger partial charge is 0.341 e. The number of anilines is 1. The quantitative estimate of drug-likeness (QED) is 0.661. The van der Waals surface area contributed by atoms with Gasteiger partial charge in [0, 0.05) is 10.9 Å². The topological polar surface area (TPSA) is 73.9 Å². The van der Waals surface area contributed by atoms with Gasteiger partial charge in [-0.15, -0.1) is 11.3 Å². The Hall–Kier alpha value is -2.54. The summed E-state index contributed by atoms with van der Waals surface area (Å²) in [5.74, 6) is 0.911. The summed E-state index contributed by atoms with van der Waals surface area (Å²) >= 11 is 1.48. The fourth-order valence-electron chi connectivity index (χ4n) is 3.67. The first-order valence-corrected chi connectivity index (χ1v) is 10.7. The average Bonchev–Trinajstić information content (AvgIpc) is 3.09. The minimum absolute atomic E-state index is 0.292. The third-order valence-electron chi connectivity index (χ3n) is 5.30. The second-order valence-corrected chi connectivity index (χ2v) is 8.07. The molecule has 1 aliphatic carbocycles. The zero-order valence-electron chi connectivity index (χ0n) is 17.3. The van der Waals surface area contributed by atoms with Crippen LogP contribution in [-0.2, 0) is 17.6 Å². The van der Waals surface area contributed by atoms with Crippen LogP contribution in [0.5, 0.6) is 11.5 Å². The van der Waals surface area contributed by atoms with Gasteiger partial charge in [0.15, 0.2) is 0 Å². The average molecular weight is 418 g/mol. The van der Waals surface area contributed by atoms with Crippen LogP contribution in [0, 0.1) is 5.92 Å². The number of hydrogen-bond acceptors (Lipinski definition) is 6. The van der Waals surface area contributed by atoms with Gasteiger partial charge < -0.3 is 19.5 Å². The van der Waals surface area contributed by atoms with Crippen LogP contribution in [0.4, 0.5) is 5.00 Å². The van der Waals surface area contributed by atoms with Crippen molar-refractivity contribution in [1.82, 2.24) is 0 Å². The Kier molecular flexibility index (Phi) is 6.79. The summed E-state index contributed by atoms with van der Waals surface area (Å²) in [6, 6.07) is 5.01. The van der Waals surface area contributed by atoms with E-state index >= 15 is 0 Å². The van der Waals surface area contributed by atoms with Crippen molar-refractivity contribution in [2.24, 2.45) is 5.92 Å². The molecule has 0 aliphatic heterocycles. The standard InChI is InChI=1S/C22H27NO5S/c1-5-13-7-9-16-18(11-13)29-21(19(16)22(25)28-6-2)23-20(24)15-10-8-14(26-3)12-17(15)27-4/h8,10,12-13H,5-7,9,11H2,1-4H3,(H,23,24). The van der Waals surface area contributed by atoms with Crippen molar-refractivity contribution in [1.29, 1.82) is 0 Å². The molecule has 7 heteroatoms. The molecule has 0 radical (unpaired) electrons. The normalized spacial score (nSPS) is 15.4. The zero-order valence-corrected chi connectivity index (χ0v) is 18.1. The highest BCUT2D eigenvalue weighted by Gasteiger charge is 2.30. The highest BCUT2D eigenvalue weighted by atomic mass is 32.1. The SMILES string of the molecule is CCOC(=O)c1c(NC(=O)c2ccc(OC)cc2OC)sc2c1CCC(CC)C2. The van der Waals surface area contributed by atoms with Gasteiger partial charge in [-0.05, 0) is 49.8 Å². The molecule has 1 aromatic carbocycles. The zero-order chi connectivity index (χ0) is 21.0. The van der Waals surface area contributed by atoms with E-state index in [9.17, 15) is 9.59 Å².